The lowest BCUT2D eigenvalue weighted by Crippen LogP contribution is -2.56. The van der Waals surface area contributed by atoms with E-state index in [9.17, 15) is 9.59 Å². The number of hydrogen-bond donors (Lipinski definition) is 2. The van der Waals surface area contributed by atoms with Crippen LogP contribution in [-0.4, -0.2) is 53.0 Å². The number of benzene rings is 1. The minimum Gasteiger partial charge on any atom is -0.372 e. The van der Waals surface area contributed by atoms with Gasteiger partial charge in [-0.25, -0.2) is 0 Å². The van der Waals surface area contributed by atoms with E-state index in [1.54, 1.807) is 0 Å². The van der Waals surface area contributed by atoms with Gasteiger partial charge in [-0.1, -0.05) is 32.0 Å². The Morgan fingerprint density at radius 1 is 1.22 bits per heavy atom. The van der Waals surface area contributed by atoms with Crippen molar-refractivity contribution in [1.29, 1.82) is 0 Å². The second-order valence-electron chi connectivity index (χ2n) is 7.78. The predicted molar refractivity (Wildman–Crippen MR) is 105 cm³/mol. The van der Waals surface area contributed by atoms with Crippen molar-refractivity contribution in [3.63, 3.8) is 0 Å². The fourth-order valence-electron chi connectivity index (χ4n) is 3.64. The van der Waals surface area contributed by atoms with Crippen LogP contribution in [0, 0.1) is 5.92 Å². The smallest absolute Gasteiger partial charge is 0.245 e. The number of carbonyl (C=O) groups is 2. The molecular weight excluding hydrogens is 342 g/mol. The van der Waals surface area contributed by atoms with Crippen LogP contribution in [0.4, 0.5) is 0 Å². The number of H-pyrrole nitrogens is 1. The molecule has 1 aliphatic rings. The Morgan fingerprint density at radius 2 is 1.89 bits per heavy atom. The lowest BCUT2D eigenvalue weighted by Gasteiger charge is -2.37. The van der Waals surface area contributed by atoms with Crippen LogP contribution in [0.5, 0.6) is 0 Å². The van der Waals surface area contributed by atoms with Crippen molar-refractivity contribution in [3.8, 4) is 0 Å². The molecule has 0 aliphatic carbocycles. The van der Waals surface area contributed by atoms with Gasteiger partial charge in [0.25, 0.3) is 0 Å². The Balaban J connectivity index is 1.84. The SMILES string of the molecule is CC(C)C(=O)N[C@@H](Cc1c[nH]c2ccccc12)C(=O)N1C[C@@H](C)O[C@@H](C)C1. The number of nitrogens with zero attached hydrogens (tertiary/aromatic N) is 1. The molecular formula is C21H29N3O3. The summed E-state index contributed by atoms with van der Waals surface area (Å²) in [6, 6.07) is 7.41. The highest BCUT2D eigenvalue weighted by Gasteiger charge is 2.32. The predicted octanol–water partition coefficient (Wildman–Crippen LogP) is 2.49. The van der Waals surface area contributed by atoms with Crippen molar-refractivity contribution in [3.05, 3.63) is 36.0 Å². The summed E-state index contributed by atoms with van der Waals surface area (Å²) in [5.41, 5.74) is 2.06. The molecule has 2 amide bonds. The molecule has 0 unspecified atom stereocenters. The summed E-state index contributed by atoms with van der Waals surface area (Å²) in [5, 5.41) is 4.04. The normalized spacial score (nSPS) is 21.4. The van der Waals surface area contributed by atoms with Crippen molar-refractivity contribution in [1.82, 2.24) is 15.2 Å². The third kappa shape index (κ3) is 4.50. The Bertz CT molecular complexity index is 804. The lowest BCUT2D eigenvalue weighted by atomic mass is 10.0. The van der Waals surface area contributed by atoms with Gasteiger partial charge < -0.3 is 19.9 Å². The summed E-state index contributed by atoms with van der Waals surface area (Å²) in [6.07, 6.45) is 2.37. The summed E-state index contributed by atoms with van der Waals surface area (Å²) in [5.74, 6) is -0.329. The number of rotatable bonds is 5. The summed E-state index contributed by atoms with van der Waals surface area (Å²) in [4.78, 5) is 30.7. The number of ether oxygens (including phenoxy) is 1. The number of para-hydroxylation sites is 1. The number of nitrogens with one attached hydrogen (secondary N) is 2. The van der Waals surface area contributed by atoms with E-state index < -0.39 is 6.04 Å². The van der Waals surface area contributed by atoms with Gasteiger partial charge in [0.2, 0.25) is 11.8 Å². The highest BCUT2D eigenvalue weighted by atomic mass is 16.5. The van der Waals surface area contributed by atoms with Gasteiger partial charge >= 0.3 is 0 Å². The number of hydrogen-bond acceptors (Lipinski definition) is 3. The first-order valence-electron chi connectivity index (χ1n) is 9.64. The van der Waals surface area contributed by atoms with Gasteiger partial charge in [0.15, 0.2) is 0 Å². The van der Waals surface area contributed by atoms with Gasteiger partial charge in [0.05, 0.1) is 12.2 Å². The highest BCUT2D eigenvalue weighted by molar-refractivity contribution is 5.90. The molecule has 2 aromatic rings. The minimum atomic E-state index is -0.586. The van der Waals surface area contributed by atoms with Gasteiger partial charge in [-0.15, -0.1) is 0 Å². The largest absolute Gasteiger partial charge is 0.372 e. The monoisotopic (exact) mass is 371 g/mol. The zero-order valence-corrected chi connectivity index (χ0v) is 16.5. The van der Waals surface area contributed by atoms with Crippen LogP contribution in [0.2, 0.25) is 0 Å². The van der Waals surface area contributed by atoms with Gasteiger partial charge in [0, 0.05) is 42.5 Å². The van der Waals surface area contributed by atoms with Crippen LogP contribution in [0.25, 0.3) is 10.9 Å². The van der Waals surface area contributed by atoms with Gasteiger partial charge in [-0.05, 0) is 25.5 Å². The molecule has 1 aromatic carbocycles. The van der Waals surface area contributed by atoms with Crippen LogP contribution in [0.15, 0.2) is 30.5 Å². The third-order valence-electron chi connectivity index (χ3n) is 4.97. The summed E-state index contributed by atoms with van der Waals surface area (Å²) >= 11 is 0. The maximum absolute atomic E-state index is 13.3. The third-order valence-corrected chi connectivity index (χ3v) is 4.97. The van der Waals surface area contributed by atoms with Crippen molar-refractivity contribution in [2.24, 2.45) is 5.92 Å². The topological polar surface area (TPSA) is 74.4 Å². The van der Waals surface area contributed by atoms with Crippen LogP contribution < -0.4 is 5.32 Å². The molecule has 1 saturated heterocycles. The first-order valence-corrected chi connectivity index (χ1v) is 9.64. The molecule has 0 bridgehead atoms. The number of morpholine rings is 1. The van der Waals surface area contributed by atoms with E-state index in [-0.39, 0.29) is 29.9 Å². The zero-order chi connectivity index (χ0) is 19.6. The van der Waals surface area contributed by atoms with Crippen molar-refractivity contribution in [2.75, 3.05) is 13.1 Å². The van der Waals surface area contributed by atoms with Gasteiger partial charge in [-0.3, -0.25) is 9.59 Å². The molecule has 6 heteroatoms. The van der Waals surface area contributed by atoms with E-state index in [2.05, 4.69) is 10.3 Å². The molecule has 1 fully saturated rings. The van der Waals surface area contributed by atoms with Crippen LogP contribution >= 0.6 is 0 Å². The second kappa shape index (κ2) is 8.13. The molecule has 6 nitrogen and oxygen atoms in total. The zero-order valence-electron chi connectivity index (χ0n) is 16.5. The van der Waals surface area contributed by atoms with Crippen LogP contribution in [-0.2, 0) is 20.7 Å². The molecule has 3 atom stereocenters. The van der Waals surface area contributed by atoms with E-state index in [4.69, 9.17) is 4.74 Å². The van der Waals surface area contributed by atoms with E-state index in [0.29, 0.717) is 19.5 Å². The Morgan fingerprint density at radius 3 is 2.56 bits per heavy atom. The summed E-state index contributed by atoms with van der Waals surface area (Å²) in [6.45, 7) is 8.70. The molecule has 1 aromatic heterocycles. The van der Waals surface area contributed by atoms with E-state index in [0.717, 1.165) is 16.5 Å². The Kier molecular flexibility index (Phi) is 5.85. The number of aromatic nitrogens is 1. The maximum Gasteiger partial charge on any atom is 0.245 e. The molecule has 27 heavy (non-hydrogen) atoms. The van der Waals surface area contributed by atoms with Gasteiger partial charge in [-0.2, -0.15) is 0 Å². The number of aromatic amines is 1. The quantitative estimate of drug-likeness (QED) is 0.848. The van der Waals surface area contributed by atoms with Crippen LogP contribution in [0.1, 0.15) is 33.3 Å². The summed E-state index contributed by atoms with van der Waals surface area (Å²) in [7, 11) is 0. The molecule has 1 aliphatic heterocycles. The fourth-order valence-corrected chi connectivity index (χ4v) is 3.64. The number of fused-ring (bicyclic) bond motifs is 1. The van der Waals surface area contributed by atoms with Crippen molar-refractivity contribution < 1.29 is 14.3 Å². The fraction of sp³-hybridized carbons (Fsp3) is 0.524. The van der Waals surface area contributed by atoms with E-state index in [1.165, 1.54) is 0 Å². The Hall–Kier alpha value is -2.34. The molecule has 3 rings (SSSR count). The van der Waals surface area contributed by atoms with Gasteiger partial charge in [0.1, 0.15) is 6.04 Å². The standard InChI is InChI=1S/C21H29N3O3/c1-13(2)20(25)23-19(21(26)24-11-14(3)27-15(4)12-24)9-16-10-22-18-8-6-5-7-17(16)18/h5-8,10,13-15,19,22H,9,11-12H2,1-4H3,(H,23,25)/t14-,15+,19-/m0/s1. The summed E-state index contributed by atoms with van der Waals surface area (Å²) < 4.78 is 5.74. The van der Waals surface area contributed by atoms with Crippen LogP contribution in [0.3, 0.4) is 0 Å². The maximum atomic E-state index is 13.3. The lowest BCUT2D eigenvalue weighted by molar-refractivity contribution is -0.147. The average molecular weight is 371 g/mol. The molecule has 146 valence electrons. The number of carbonyl (C=O) groups excluding carboxylic acids is 2. The Labute approximate surface area is 160 Å². The molecule has 2 N–H and O–H groups in total. The molecule has 0 radical (unpaired) electrons. The number of amides is 2. The molecule has 0 spiro atoms. The van der Waals surface area contributed by atoms with Crippen molar-refractivity contribution >= 4 is 22.7 Å². The van der Waals surface area contributed by atoms with E-state index >= 15 is 0 Å². The first-order chi connectivity index (χ1) is 12.8. The highest BCUT2D eigenvalue weighted by Crippen LogP contribution is 2.21. The van der Waals surface area contributed by atoms with Crippen molar-refractivity contribution in [2.45, 2.75) is 52.4 Å². The molecule has 0 saturated carbocycles. The average Bonchev–Trinajstić information content (AvgIpc) is 3.02. The molecule has 2 heterocycles. The van der Waals surface area contributed by atoms with E-state index in [1.807, 2.05) is 63.1 Å². The second-order valence-corrected chi connectivity index (χ2v) is 7.78. The minimum absolute atomic E-state index is 0.00719. The first kappa shape index (κ1) is 19.4.